The number of furan rings is 1. The summed E-state index contributed by atoms with van der Waals surface area (Å²) in [4.78, 5) is 23.3. The van der Waals surface area contributed by atoms with Gasteiger partial charge in [0.1, 0.15) is 0 Å². The lowest BCUT2D eigenvalue weighted by atomic mass is 10.2. The standard InChI is InChI=1S/C15H16N2O5S/c1-16-13(18)9-17-15(19)14-11(7-8-22-14)10-23(20,21)12-5-3-2-4-6-12/h2-8H,9-10H2,1H3,(H,16,18)(H,17,19). The number of carbonyl (C=O) groups excluding carboxylic acids is 2. The lowest BCUT2D eigenvalue weighted by Gasteiger charge is -2.06. The Morgan fingerprint density at radius 3 is 2.48 bits per heavy atom. The van der Waals surface area contributed by atoms with E-state index in [1.165, 1.54) is 31.5 Å². The van der Waals surface area contributed by atoms with Gasteiger partial charge in [0.15, 0.2) is 15.6 Å². The molecule has 0 aliphatic heterocycles. The zero-order valence-electron chi connectivity index (χ0n) is 12.4. The molecule has 0 spiro atoms. The van der Waals surface area contributed by atoms with Crippen molar-refractivity contribution in [1.29, 1.82) is 0 Å². The zero-order chi connectivity index (χ0) is 16.9. The topological polar surface area (TPSA) is 105 Å². The van der Waals surface area contributed by atoms with Crippen molar-refractivity contribution in [1.82, 2.24) is 10.6 Å². The van der Waals surface area contributed by atoms with Crippen LogP contribution in [-0.2, 0) is 20.4 Å². The highest BCUT2D eigenvalue weighted by molar-refractivity contribution is 7.90. The van der Waals surface area contributed by atoms with E-state index in [1.54, 1.807) is 18.2 Å². The lowest BCUT2D eigenvalue weighted by molar-refractivity contribution is -0.119. The number of carbonyl (C=O) groups is 2. The summed E-state index contributed by atoms with van der Waals surface area (Å²) in [6, 6.07) is 9.36. The Hall–Kier alpha value is -2.61. The molecule has 0 saturated carbocycles. The molecule has 2 N–H and O–H groups in total. The third-order valence-corrected chi connectivity index (χ3v) is 4.77. The minimum Gasteiger partial charge on any atom is -0.459 e. The summed E-state index contributed by atoms with van der Waals surface area (Å²) in [5.41, 5.74) is 0.239. The van der Waals surface area contributed by atoms with Crippen molar-refractivity contribution in [2.24, 2.45) is 0 Å². The van der Waals surface area contributed by atoms with E-state index in [1.807, 2.05) is 0 Å². The number of amides is 2. The highest BCUT2D eigenvalue weighted by Gasteiger charge is 2.22. The molecule has 7 nitrogen and oxygen atoms in total. The van der Waals surface area contributed by atoms with Crippen molar-refractivity contribution >= 4 is 21.7 Å². The molecule has 8 heteroatoms. The summed E-state index contributed by atoms with van der Waals surface area (Å²) in [7, 11) is -2.15. The maximum Gasteiger partial charge on any atom is 0.287 e. The van der Waals surface area contributed by atoms with Crippen molar-refractivity contribution in [2.45, 2.75) is 10.6 Å². The van der Waals surface area contributed by atoms with Crippen LogP contribution in [0.25, 0.3) is 0 Å². The molecular formula is C15H16N2O5S. The Morgan fingerprint density at radius 1 is 1.13 bits per heavy atom. The van der Waals surface area contributed by atoms with Gasteiger partial charge < -0.3 is 15.1 Å². The molecule has 1 heterocycles. The first-order valence-electron chi connectivity index (χ1n) is 6.77. The number of nitrogens with one attached hydrogen (secondary N) is 2. The van der Waals surface area contributed by atoms with Crippen LogP contribution in [-0.4, -0.2) is 33.8 Å². The molecule has 0 atom stereocenters. The molecule has 122 valence electrons. The number of rotatable bonds is 6. The van der Waals surface area contributed by atoms with E-state index in [0.717, 1.165) is 0 Å². The number of sulfone groups is 1. The fraction of sp³-hybridized carbons (Fsp3) is 0.200. The van der Waals surface area contributed by atoms with Crippen LogP contribution >= 0.6 is 0 Å². The van der Waals surface area contributed by atoms with Crippen molar-refractivity contribution in [3.63, 3.8) is 0 Å². The van der Waals surface area contributed by atoms with E-state index in [4.69, 9.17) is 4.42 Å². The van der Waals surface area contributed by atoms with Gasteiger partial charge in [-0.3, -0.25) is 9.59 Å². The largest absolute Gasteiger partial charge is 0.459 e. The molecule has 23 heavy (non-hydrogen) atoms. The molecule has 2 rings (SSSR count). The Bertz CT molecular complexity index is 796. The first-order valence-corrected chi connectivity index (χ1v) is 8.42. The van der Waals surface area contributed by atoms with E-state index < -0.39 is 15.7 Å². The fourth-order valence-corrected chi connectivity index (χ4v) is 3.27. The van der Waals surface area contributed by atoms with Crippen LogP contribution in [0.2, 0.25) is 0 Å². The smallest absolute Gasteiger partial charge is 0.287 e. The van der Waals surface area contributed by atoms with Gasteiger partial charge in [-0.15, -0.1) is 0 Å². The molecule has 0 aliphatic carbocycles. The molecule has 0 saturated heterocycles. The van der Waals surface area contributed by atoms with Gasteiger partial charge in [0, 0.05) is 12.6 Å². The summed E-state index contributed by atoms with van der Waals surface area (Å²) >= 11 is 0. The third kappa shape index (κ3) is 4.19. The lowest BCUT2D eigenvalue weighted by Crippen LogP contribution is -2.35. The highest BCUT2D eigenvalue weighted by atomic mass is 32.2. The molecule has 2 aromatic rings. The Balaban J connectivity index is 2.15. The third-order valence-electron chi connectivity index (χ3n) is 3.09. The summed E-state index contributed by atoms with van der Waals surface area (Å²) in [6.07, 6.45) is 1.24. The van der Waals surface area contributed by atoms with Crippen LogP contribution < -0.4 is 10.6 Å². The molecule has 0 unspecified atom stereocenters. The summed E-state index contributed by atoms with van der Waals surface area (Å²) in [5.74, 6) is -1.50. The normalized spacial score (nSPS) is 11.0. The highest BCUT2D eigenvalue weighted by Crippen LogP contribution is 2.19. The van der Waals surface area contributed by atoms with Gasteiger partial charge in [-0.2, -0.15) is 0 Å². The number of benzene rings is 1. The number of likely N-dealkylation sites (N-methyl/N-ethyl adjacent to an activating group) is 1. The molecular weight excluding hydrogens is 320 g/mol. The Labute approximate surface area is 133 Å². The predicted molar refractivity (Wildman–Crippen MR) is 82.4 cm³/mol. The van der Waals surface area contributed by atoms with Crippen LogP contribution in [0.5, 0.6) is 0 Å². The maximum absolute atomic E-state index is 12.3. The molecule has 1 aromatic heterocycles. The Morgan fingerprint density at radius 2 is 1.83 bits per heavy atom. The average molecular weight is 336 g/mol. The molecule has 0 bridgehead atoms. The van der Waals surface area contributed by atoms with Crippen molar-refractivity contribution in [3.05, 3.63) is 54.0 Å². The summed E-state index contributed by atoms with van der Waals surface area (Å²) in [6.45, 7) is -0.221. The fourth-order valence-electron chi connectivity index (χ4n) is 1.89. The first-order chi connectivity index (χ1) is 10.9. The van der Waals surface area contributed by atoms with E-state index in [9.17, 15) is 18.0 Å². The number of hydrogen-bond donors (Lipinski definition) is 2. The zero-order valence-corrected chi connectivity index (χ0v) is 13.2. The van der Waals surface area contributed by atoms with Crippen LogP contribution in [0.15, 0.2) is 52.0 Å². The SMILES string of the molecule is CNC(=O)CNC(=O)c1occc1CS(=O)(=O)c1ccccc1. The average Bonchev–Trinajstić information content (AvgIpc) is 3.00. The Kier molecular flexibility index (Phi) is 5.17. The van der Waals surface area contributed by atoms with Gasteiger partial charge in [0.2, 0.25) is 5.91 Å². The summed E-state index contributed by atoms with van der Waals surface area (Å²) < 4.78 is 29.8. The maximum atomic E-state index is 12.3. The van der Waals surface area contributed by atoms with Crippen LogP contribution in [0.4, 0.5) is 0 Å². The van der Waals surface area contributed by atoms with Gasteiger partial charge in [0.25, 0.3) is 5.91 Å². The van der Waals surface area contributed by atoms with Crippen LogP contribution in [0.1, 0.15) is 16.1 Å². The molecule has 0 aliphatic rings. The quantitative estimate of drug-likeness (QED) is 0.809. The monoisotopic (exact) mass is 336 g/mol. The van der Waals surface area contributed by atoms with Gasteiger partial charge in [-0.1, -0.05) is 18.2 Å². The van der Waals surface area contributed by atoms with Crippen molar-refractivity contribution in [2.75, 3.05) is 13.6 Å². The predicted octanol–water partition coefficient (Wildman–Crippen LogP) is 0.729. The molecule has 0 radical (unpaired) electrons. The second-order valence-electron chi connectivity index (χ2n) is 4.70. The van der Waals surface area contributed by atoms with E-state index in [0.29, 0.717) is 0 Å². The number of hydrogen-bond acceptors (Lipinski definition) is 5. The second-order valence-corrected chi connectivity index (χ2v) is 6.69. The van der Waals surface area contributed by atoms with Crippen LogP contribution in [0.3, 0.4) is 0 Å². The molecule has 1 aromatic carbocycles. The van der Waals surface area contributed by atoms with Gasteiger partial charge in [0.05, 0.1) is 23.5 Å². The molecule has 0 fully saturated rings. The van der Waals surface area contributed by atoms with Gasteiger partial charge in [-0.05, 0) is 18.2 Å². The van der Waals surface area contributed by atoms with E-state index in [-0.39, 0.29) is 34.4 Å². The molecule has 2 amide bonds. The van der Waals surface area contributed by atoms with E-state index in [2.05, 4.69) is 10.6 Å². The minimum absolute atomic E-state index is 0.117. The first kappa shape index (κ1) is 16.8. The minimum atomic E-state index is -3.59. The van der Waals surface area contributed by atoms with Crippen molar-refractivity contribution < 1.29 is 22.4 Å². The van der Waals surface area contributed by atoms with Crippen molar-refractivity contribution in [3.8, 4) is 0 Å². The summed E-state index contributed by atoms with van der Waals surface area (Å²) in [5, 5.41) is 4.72. The second kappa shape index (κ2) is 7.10. The van der Waals surface area contributed by atoms with Gasteiger partial charge in [-0.25, -0.2) is 8.42 Å². The van der Waals surface area contributed by atoms with Crippen LogP contribution in [0, 0.1) is 0 Å². The van der Waals surface area contributed by atoms with E-state index >= 15 is 0 Å². The van der Waals surface area contributed by atoms with Gasteiger partial charge >= 0.3 is 0 Å².